The van der Waals surface area contributed by atoms with E-state index >= 15 is 0 Å². The number of nitrogens with zero attached hydrogens (tertiary/aromatic N) is 2. The van der Waals surface area contributed by atoms with Gasteiger partial charge in [-0.1, -0.05) is 22.9 Å². The lowest BCUT2D eigenvalue weighted by Gasteiger charge is -2.38. The summed E-state index contributed by atoms with van der Waals surface area (Å²) >= 11 is 3.48. The van der Waals surface area contributed by atoms with E-state index in [9.17, 15) is 5.11 Å². The predicted octanol–water partition coefficient (Wildman–Crippen LogP) is 3.24. The standard InChI is InChI=1S/C15H23BrN2O/c1-3-6-17-7-9-18(10-8-17)12(2)14-11-13(16)4-5-15(14)19/h4-5,11-12,19H,3,6-10H2,1-2H3. The van der Waals surface area contributed by atoms with Crippen LogP contribution in [0.1, 0.15) is 31.9 Å². The number of hydrogen-bond acceptors (Lipinski definition) is 3. The Morgan fingerprint density at radius 1 is 1.26 bits per heavy atom. The van der Waals surface area contributed by atoms with Gasteiger partial charge < -0.3 is 10.0 Å². The van der Waals surface area contributed by atoms with Gasteiger partial charge in [0.05, 0.1) is 0 Å². The Morgan fingerprint density at radius 2 is 1.95 bits per heavy atom. The van der Waals surface area contributed by atoms with Crippen molar-refractivity contribution in [2.24, 2.45) is 0 Å². The molecular formula is C15H23BrN2O. The second kappa shape index (κ2) is 6.73. The lowest BCUT2D eigenvalue weighted by Crippen LogP contribution is -2.47. The molecule has 2 rings (SSSR count). The van der Waals surface area contributed by atoms with Crippen LogP contribution >= 0.6 is 15.9 Å². The van der Waals surface area contributed by atoms with Crippen LogP contribution in [0.25, 0.3) is 0 Å². The zero-order valence-electron chi connectivity index (χ0n) is 11.8. The quantitative estimate of drug-likeness (QED) is 0.920. The average molecular weight is 327 g/mol. The highest BCUT2D eigenvalue weighted by Crippen LogP contribution is 2.31. The molecule has 0 aliphatic carbocycles. The van der Waals surface area contributed by atoms with E-state index in [0.717, 1.165) is 36.2 Å². The number of halogens is 1. The van der Waals surface area contributed by atoms with E-state index in [0.29, 0.717) is 5.75 Å². The van der Waals surface area contributed by atoms with Crippen LogP contribution in [-0.2, 0) is 0 Å². The number of aromatic hydroxyl groups is 1. The summed E-state index contributed by atoms with van der Waals surface area (Å²) < 4.78 is 1.02. The van der Waals surface area contributed by atoms with Crippen molar-refractivity contribution in [2.45, 2.75) is 26.3 Å². The summed E-state index contributed by atoms with van der Waals surface area (Å²) in [6.45, 7) is 10.0. The zero-order valence-corrected chi connectivity index (χ0v) is 13.4. The van der Waals surface area contributed by atoms with Gasteiger partial charge in [-0.3, -0.25) is 4.90 Å². The van der Waals surface area contributed by atoms with Gasteiger partial charge in [-0.25, -0.2) is 0 Å². The highest BCUT2D eigenvalue weighted by atomic mass is 79.9. The molecule has 0 spiro atoms. The smallest absolute Gasteiger partial charge is 0.120 e. The van der Waals surface area contributed by atoms with Crippen LogP contribution in [0.4, 0.5) is 0 Å². The Labute approximate surface area is 124 Å². The molecule has 1 aliphatic heterocycles. The van der Waals surface area contributed by atoms with Gasteiger partial charge in [-0.2, -0.15) is 0 Å². The second-order valence-electron chi connectivity index (χ2n) is 5.26. The Hall–Kier alpha value is -0.580. The average Bonchev–Trinajstić information content (AvgIpc) is 2.42. The first-order valence-electron chi connectivity index (χ1n) is 7.06. The molecule has 106 valence electrons. The van der Waals surface area contributed by atoms with Crippen molar-refractivity contribution in [3.8, 4) is 5.75 Å². The second-order valence-corrected chi connectivity index (χ2v) is 6.17. The summed E-state index contributed by atoms with van der Waals surface area (Å²) in [5.74, 6) is 0.395. The molecule has 0 radical (unpaired) electrons. The van der Waals surface area contributed by atoms with Gasteiger partial charge in [-0.15, -0.1) is 0 Å². The van der Waals surface area contributed by atoms with Crippen molar-refractivity contribution in [3.63, 3.8) is 0 Å². The SMILES string of the molecule is CCCN1CCN(C(C)c2cc(Br)ccc2O)CC1. The summed E-state index contributed by atoms with van der Waals surface area (Å²) in [6.07, 6.45) is 1.22. The van der Waals surface area contributed by atoms with Crippen molar-refractivity contribution >= 4 is 15.9 Å². The molecule has 1 fully saturated rings. The molecule has 1 saturated heterocycles. The van der Waals surface area contributed by atoms with Crippen molar-refractivity contribution in [3.05, 3.63) is 28.2 Å². The molecule has 1 unspecified atom stereocenters. The topological polar surface area (TPSA) is 26.7 Å². The molecule has 0 saturated carbocycles. The highest BCUT2D eigenvalue weighted by molar-refractivity contribution is 9.10. The fraction of sp³-hybridized carbons (Fsp3) is 0.600. The van der Waals surface area contributed by atoms with Crippen LogP contribution in [0.15, 0.2) is 22.7 Å². The number of phenols is 1. The van der Waals surface area contributed by atoms with E-state index in [-0.39, 0.29) is 6.04 Å². The summed E-state index contributed by atoms with van der Waals surface area (Å²) in [6, 6.07) is 5.94. The number of hydrogen-bond donors (Lipinski definition) is 1. The van der Waals surface area contributed by atoms with Gasteiger partial charge in [0.25, 0.3) is 0 Å². The van der Waals surface area contributed by atoms with E-state index in [2.05, 4.69) is 39.6 Å². The Bertz CT molecular complexity index is 417. The lowest BCUT2D eigenvalue weighted by molar-refractivity contribution is 0.101. The van der Waals surface area contributed by atoms with Crippen LogP contribution < -0.4 is 0 Å². The maximum absolute atomic E-state index is 10.0. The maximum Gasteiger partial charge on any atom is 0.120 e. The van der Waals surface area contributed by atoms with E-state index in [1.807, 2.05) is 12.1 Å². The normalized spacial score (nSPS) is 19.5. The van der Waals surface area contributed by atoms with E-state index < -0.39 is 0 Å². The Kier molecular flexibility index (Phi) is 5.25. The van der Waals surface area contributed by atoms with E-state index in [4.69, 9.17) is 0 Å². The molecule has 1 atom stereocenters. The van der Waals surface area contributed by atoms with Gasteiger partial charge in [0.1, 0.15) is 5.75 Å². The molecule has 1 aliphatic rings. The number of benzene rings is 1. The molecule has 1 N–H and O–H groups in total. The lowest BCUT2D eigenvalue weighted by atomic mass is 10.0. The first kappa shape index (κ1) is 14.8. The number of piperazine rings is 1. The van der Waals surface area contributed by atoms with Crippen molar-refractivity contribution in [1.29, 1.82) is 0 Å². The molecule has 0 amide bonds. The Morgan fingerprint density at radius 3 is 2.58 bits per heavy atom. The third-order valence-electron chi connectivity index (χ3n) is 3.93. The molecule has 4 heteroatoms. The molecular weight excluding hydrogens is 304 g/mol. The fourth-order valence-electron chi connectivity index (χ4n) is 2.75. The van der Waals surface area contributed by atoms with Crippen LogP contribution in [0.2, 0.25) is 0 Å². The molecule has 19 heavy (non-hydrogen) atoms. The van der Waals surface area contributed by atoms with Crippen molar-refractivity contribution < 1.29 is 5.11 Å². The minimum Gasteiger partial charge on any atom is -0.508 e. The van der Waals surface area contributed by atoms with Crippen molar-refractivity contribution in [1.82, 2.24) is 9.80 Å². The van der Waals surface area contributed by atoms with Crippen LogP contribution in [0.5, 0.6) is 5.75 Å². The zero-order chi connectivity index (χ0) is 13.8. The summed E-state index contributed by atoms with van der Waals surface area (Å²) in [4.78, 5) is 4.97. The largest absolute Gasteiger partial charge is 0.508 e. The van der Waals surface area contributed by atoms with Gasteiger partial charge >= 0.3 is 0 Å². The van der Waals surface area contributed by atoms with Crippen LogP contribution in [-0.4, -0.2) is 47.6 Å². The van der Waals surface area contributed by atoms with Gasteiger partial charge in [-0.05, 0) is 38.1 Å². The molecule has 3 nitrogen and oxygen atoms in total. The molecule has 0 aromatic heterocycles. The monoisotopic (exact) mass is 326 g/mol. The molecule has 1 heterocycles. The highest BCUT2D eigenvalue weighted by Gasteiger charge is 2.23. The maximum atomic E-state index is 10.0. The summed E-state index contributed by atoms with van der Waals surface area (Å²) in [5, 5.41) is 10.0. The summed E-state index contributed by atoms with van der Waals surface area (Å²) in [5.41, 5.74) is 1.01. The third kappa shape index (κ3) is 3.71. The van der Waals surface area contributed by atoms with Crippen LogP contribution in [0.3, 0.4) is 0 Å². The van der Waals surface area contributed by atoms with E-state index in [1.165, 1.54) is 13.0 Å². The summed E-state index contributed by atoms with van der Waals surface area (Å²) in [7, 11) is 0. The minimum atomic E-state index is 0.265. The minimum absolute atomic E-state index is 0.265. The number of rotatable bonds is 4. The molecule has 1 aromatic carbocycles. The van der Waals surface area contributed by atoms with Gasteiger partial charge in [0.15, 0.2) is 0 Å². The Balaban J connectivity index is 2.01. The first-order valence-corrected chi connectivity index (χ1v) is 7.86. The predicted molar refractivity (Wildman–Crippen MR) is 82.5 cm³/mol. The van der Waals surface area contributed by atoms with Gasteiger partial charge in [0, 0.05) is 42.3 Å². The van der Waals surface area contributed by atoms with Crippen molar-refractivity contribution in [2.75, 3.05) is 32.7 Å². The molecule has 1 aromatic rings. The van der Waals surface area contributed by atoms with Gasteiger partial charge in [0.2, 0.25) is 0 Å². The number of phenolic OH excluding ortho intramolecular Hbond substituents is 1. The van der Waals surface area contributed by atoms with Crippen LogP contribution in [0, 0.1) is 0 Å². The third-order valence-corrected chi connectivity index (χ3v) is 4.43. The fourth-order valence-corrected chi connectivity index (χ4v) is 3.13. The van der Waals surface area contributed by atoms with E-state index in [1.54, 1.807) is 6.07 Å². The molecule has 0 bridgehead atoms. The first-order chi connectivity index (χ1) is 9.11.